The normalized spacial score (nSPS) is 10.5. The maximum Gasteiger partial charge on any atom is 0.146 e. The molecule has 0 atom stereocenters. The molecule has 0 saturated carbocycles. The van der Waals surface area contributed by atoms with Gasteiger partial charge in [0, 0.05) is 0 Å². The second-order valence-corrected chi connectivity index (χ2v) is 3.25. The van der Waals surface area contributed by atoms with Crippen molar-refractivity contribution in [3.8, 4) is 11.5 Å². The number of nitrogen functional groups attached to an aromatic ring is 1. The molecular weight excluding hydrogens is 178 g/mol. The summed E-state index contributed by atoms with van der Waals surface area (Å²) >= 11 is 0. The maximum atomic E-state index is 9.35. The van der Waals surface area contributed by atoms with E-state index in [4.69, 9.17) is 10.5 Å². The van der Waals surface area contributed by atoms with E-state index in [2.05, 4.69) is 13.8 Å². The number of rotatable bonds is 4. The molecule has 0 heterocycles. The molecule has 1 aromatic rings. The smallest absolute Gasteiger partial charge is 0.146 e. The Bertz CT molecular complexity index is 295. The summed E-state index contributed by atoms with van der Waals surface area (Å²) in [5.74, 6) is 0.646. The van der Waals surface area contributed by atoms with Crippen molar-refractivity contribution in [2.75, 3.05) is 5.73 Å². The Morgan fingerprint density at radius 1 is 1.36 bits per heavy atom. The molecule has 0 aliphatic heterocycles. The van der Waals surface area contributed by atoms with E-state index >= 15 is 0 Å². The average molecular weight is 195 g/mol. The number of nitrogens with two attached hydrogens (primary N) is 1. The minimum atomic E-state index is 0.0773. The number of ether oxygens (including phenoxy) is 1. The second kappa shape index (κ2) is 4.74. The second-order valence-electron chi connectivity index (χ2n) is 3.25. The third kappa shape index (κ3) is 2.31. The van der Waals surface area contributed by atoms with Crippen LogP contribution in [0.15, 0.2) is 18.2 Å². The van der Waals surface area contributed by atoms with Crippen molar-refractivity contribution in [3.63, 3.8) is 0 Å². The maximum absolute atomic E-state index is 9.35. The van der Waals surface area contributed by atoms with E-state index in [1.165, 1.54) is 0 Å². The van der Waals surface area contributed by atoms with Crippen LogP contribution in [0.25, 0.3) is 0 Å². The van der Waals surface area contributed by atoms with E-state index < -0.39 is 0 Å². The van der Waals surface area contributed by atoms with Gasteiger partial charge in [0.2, 0.25) is 0 Å². The summed E-state index contributed by atoms with van der Waals surface area (Å²) in [5, 5.41) is 9.35. The molecule has 0 amide bonds. The van der Waals surface area contributed by atoms with Crippen molar-refractivity contribution >= 4 is 5.69 Å². The van der Waals surface area contributed by atoms with Gasteiger partial charge in [-0.2, -0.15) is 0 Å². The van der Waals surface area contributed by atoms with E-state index in [0.717, 1.165) is 12.8 Å². The number of benzene rings is 1. The molecule has 3 N–H and O–H groups in total. The predicted octanol–water partition coefficient (Wildman–Crippen LogP) is 2.54. The van der Waals surface area contributed by atoms with Crippen molar-refractivity contribution in [1.29, 1.82) is 0 Å². The zero-order chi connectivity index (χ0) is 10.6. The van der Waals surface area contributed by atoms with Crippen molar-refractivity contribution in [3.05, 3.63) is 18.2 Å². The Labute approximate surface area is 84.5 Å². The lowest BCUT2D eigenvalue weighted by Gasteiger charge is -2.17. The van der Waals surface area contributed by atoms with E-state index in [9.17, 15) is 5.11 Å². The summed E-state index contributed by atoms with van der Waals surface area (Å²) in [6.45, 7) is 4.13. The predicted molar refractivity (Wildman–Crippen MR) is 57.5 cm³/mol. The van der Waals surface area contributed by atoms with Gasteiger partial charge in [0.25, 0.3) is 0 Å². The first-order valence-corrected chi connectivity index (χ1v) is 4.93. The Balaban J connectivity index is 2.80. The summed E-state index contributed by atoms with van der Waals surface area (Å²) in [6, 6.07) is 5.05. The quantitative estimate of drug-likeness (QED) is 0.573. The van der Waals surface area contributed by atoms with Crippen LogP contribution in [0.3, 0.4) is 0 Å². The first-order valence-electron chi connectivity index (χ1n) is 4.93. The van der Waals surface area contributed by atoms with Crippen LogP contribution >= 0.6 is 0 Å². The van der Waals surface area contributed by atoms with Gasteiger partial charge in [0.05, 0.1) is 6.10 Å². The number of phenols is 1. The summed E-state index contributed by atoms with van der Waals surface area (Å²) in [4.78, 5) is 0. The third-order valence-electron chi connectivity index (χ3n) is 2.25. The molecule has 0 bridgehead atoms. The average Bonchev–Trinajstić information content (AvgIpc) is 2.20. The number of aromatic hydroxyl groups is 1. The molecule has 0 radical (unpaired) electrons. The molecule has 3 heteroatoms. The van der Waals surface area contributed by atoms with Gasteiger partial charge in [0.15, 0.2) is 0 Å². The Morgan fingerprint density at radius 3 is 2.57 bits per heavy atom. The van der Waals surface area contributed by atoms with Gasteiger partial charge in [-0.1, -0.05) is 19.9 Å². The fraction of sp³-hybridized carbons (Fsp3) is 0.455. The summed E-state index contributed by atoms with van der Waals surface area (Å²) in [5.41, 5.74) is 5.98. The minimum absolute atomic E-state index is 0.0773. The van der Waals surface area contributed by atoms with Gasteiger partial charge in [0.1, 0.15) is 17.2 Å². The number of hydrogen-bond donors (Lipinski definition) is 2. The summed E-state index contributed by atoms with van der Waals surface area (Å²) < 4.78 is 5.64. The van der Waals surface area contributed by atoms with Crippen LogP contribution in [0, 0.1) is 0 Å². The van der Waals surface area contributed by atoms with Crippen molar-refractivity contribution in [2.24, 2.45) is 0 Å². The highest BCUT2D eigenvalue weighted by molar-refractivity contribution is 5.61. The van der Waals surface area contributed by atoms with E-state index in [1.807, 2.05) is 0 Å². The third-order valence-corrected chi connectivity index (χ3v) is 2.25. The van der Waals surface area contributed by atoms with E-state index in [-0.39, 0.29) is 11.9 Å². The Hall–Kier alpha value is -1.38. The van der Waals surface area contributed by atoms with Crippen LogP contribution in [-0.4, -0.2) is 11.2 Å². The lowest BCUT2D eigenvalue weighted by molar-refractivity contribution is 0.193. The van der Waals surface area contributed by atoms with Crippen molar-refractivity contribution in [1.82, 2.24) is 0 Å². The lowest BCUT2D eigenvalue weighted by atomic mass is 10.2. The number of para-hydroxylation sites is 1. The van der Waals surface area contributed by atoms with Crippen LogP contribution in [0.4, 0.5) is 5.69 Å². The van der Waals surface area contributed by atoms with Gasteiger partial charge in [-0.15, -0.1) is 0 Å². The Morgan fingerprint density at radius 2 is 2.00 bits per heavy atom. The van der Waals surface area contributed by atoms with Crippen molar-refractivity contribution in [2.45, 2.75) is 32.8 Å². The van der Waals surface area contributed by atoms with Crippen LogP contribution in [0.5, 0.6) is 11.5 Å². The lowest BCUT2D eigenvalue weighted by Crippen LogP contribution is -2.14. The molecule has 14 heavy (non-hydrogen) atoms. The first-order chi connectivity index (χ1) is 6.69. The molecular formula is C11H17NO2. The highest BCUT2D eigenvalue weighted by Crippen LogP contribution is 2.31. The number of anilines is 1. The monoisotopic (exact) mass is 195 g/mol. The molecule has 3 nitrogen and oxygen atoms in total. The SMILES string of the molecule is CCC(CC)Oc1cccc(O)c1N. The van der Waals surface area contributed by atoms with E-state index in [0.29, 0.717) is 11.4 Å². The first kappa shape index (κ1) is 10.7. The fourth-order valence-corrected chi connectivity index (χ4v) is 1.27. The molecule has 0 unspecified atom stereocenters. The van der Waals surface area contributed by atoms with Crippen molar-refractivity contribution < 1.29 is 9.84 Å². The van der Waals surface area contributed by atoms with Crippen LogP contribution in [0.1, 0.15) is 26.7 Å². The van der Waals surface area contributed by atoms with Gasteiger partial charge in [-0.25, -0.2) is 0 Å². The molecule has 0 saturated heterocycles. The zero-order valence-corrected chi connectivity index (χ0v) is 8.66. The largest absolute Gasteiger partial charge is 0.506 e. The molecule has 1 rings (SSSR count). The minimum Gasteiger partial charge on any atom is -0.506 e. The molecule has 0 aliphatic rings. The molecule has 0 aliphatic carbocycles. The fourth-order valence-electron chi connectivity index (χ4n) is 1.27. The van der Waals surface area contributed by atoms with Gasteiger partial charge in [-0.3, -0.25) is 0 Å². The zero-order valence-electron chi connectivity index (χ0n) is 8.66. The number of hydrogen-bond acceptors (Lipinski definition) is 3. The highest BCUT2D eigenvalue weighted by atomic mass is 16.5. The van der Waals surface area contributed by atoms with Gasteiger partial charge in [-0.05, 0) is 25.0 Å². The molecule has 78 valence electrons. The summed E-state index contributed by atoms with van der Waals surface area (Å²) in [7, 11) is 0. The van der Waals surface area contributed by atoms with Gasteiger partial charge < -0.3 is 15.6 Å². The summed E-state index contributed by atoms with van der Waals surface area (Å²) in [6.07, 6.45) is 2.04. The van der Waals surface area contributed by atoms with Crippen LogP contribution in [0.2, 0.25) is 0 Å². The molecule has 0 spiro atoms. The van der Waals surface area contributed by atoms with Crippen LogP contribution in [-0.2, 0) is 0 Å². The topological polar surface area (TPSA) is 55.5 Å². The van der Waals surface area contributed by atoms with E-state index in [1.54, 1.807) is 18.2 Å². The molecule has 0 aromatic heterocycles. The molecule has 1 aromatic carbocycles. The molecule has 0 fully saturated rings. The van der Waals surface area contributed by atoms with Gasteiger partial charge >= 0.3 is 0 Å². The number of phenolic OH excluding ortho intramolecular Hbond substituents is 1. The standard InChI is InChI=1S/C11H17NO2/c1-3-8(4-2)14-10-7-5-6-9(13)11(10)12/h5-8,13H,3-4,12H2,1-2H3. The highest BCUT2D eigenvalue weighted by Gasteiger charge is 2.09. The van der Waals surface area contributed by atoms with Crippen LogP contribution < -0.4 is 10.5 Å². The Kier molecular flexibility index (Phi) is 3.63.